The van der Waals surface area contributed by atoms with Crippen molar-refractivity contribution >= 4 is 27.9 Å². The van der Waals surface area contributed by atoms with E-state index in [1.165, 1.54) is 11.0 Å². The fourth-order valence-corrected chi connectivity index (χ4v) is 2.34. The van der Waals surface area contributed by atoms with Crippen molar-refractivity contribution < 1.29 is 9.59 Å². The first-order valence-corrected chi connectivity index (χ1v) is 6.74. The van der Waals surface area contributed by atoms with E-state index in [4.69, 9.17) is 0 Å². The summed E-state index contributed by atoms with van der Waals surface area (Å²) in [7, 11) is 0. The zero-order valence-electron chi connectivity index (χ0n) is 10.5. The highest BCUT2D eigenvalue weighted by atomic mass is 79.9. The molecular formula is C12H14BrN3O3. The summed E-state index contributed by atoms with van der Waals surface area (Å²) in [6, 6.07) is 2.85. The Bertz CT molecular complexity index is 566. The molecule has 0 aliphatic carbocycles. The number of hydrogen-bond acceptors (Lipinski definition) is 3. The topological polar surface area (TPSA) is 71.4 Å². The van der Waals surface area contributed by atoms with Crippen molar-refractivity contribution in [2.24, 2.45) is 0 Å². The van der Waals surface area contributed by atoms with E-state index in [1.807, 2.05) is 6.92 Å². The first-order chi connectivity index (χ1) is 9.00. The van der Waals surface area contributed by atoms with Gasteiger partial charge in [0.15, 0.2) is 0 Å². The van der Waals surface area contributed by atoms with Gasteiger partial charge < -0.3 is 9.88 Å². The predicted molar refractivity (Wildman–Crippen MR) is 72.9 cm³/mol. The maximum Gasteiger partial charge on any atom is 0.324 e. The van der Waals surface area contributed by atoms with E-state index >= 15 is 0 Å². The second-order valence-corrected chi connectivity index (χ2v) is 5.17. The van der Waals surface area contributed by atoms with Crippen LogP contribution in [0.2, 0.25) is 0 Å². The molecule has 0 atom stereocenters. The average molecular weight is 328 g/mol. The molecule has 0 aromatic carbocycles. The second-order valence-electron chi connectivity index (χ2n) is 4.31. The minimum Gasteiger partial charge on any atom is -0.329 e. The summed E-state index contributed by atoms with van der Waals surface area (Å²) in [6.45, 7) is 2.71. The van der Waals surface area contributed by atoms with Crippen molar-refractivity contribution in [3.8, 4) is 0 Å². The summed E-state index contributed by atoms with van der Waals surface area (Å²) in [4.78, 5) is 35.6. The van der Waals surface area contributed by atoms with Crippen LogP contribution >= 0.6 is 15.9 Å². The summed E-state index contributed by atoms with van der Waals surface area (Å²) < 4.78 is 2.49. The number of nitrogens with one attached hydrogen (secondary N) is 1. The number of amides is 3. The number of pyridine rings is 1. The molecule has 7 heteroatoms. The minimum atomic E-state index is -0.358. The van der Waals surface area contributed by atoms with Crippen molar-refractivity contribution in [1.82, 2.24) is 14.8 Å². The molecule has 102 valence electrons. The largest absolute Gasteiger partial charge is 0.329 e. The molecule has 1 fully saturated rings. The molecule has 0 saturated carbocycles. The normalized spacial score (nSPS) is 14.9. The van der Waals surface area contributed by atoms with Gasteiger partial charge in [-0.3, -0.25) is 14.5 Å². The Morgan fingerprint density at radius 2 is 2.00 bits per heavy atom. The van der Waals surface area contributed by atoms with E-state index in [9.17, 15) is 14.4 Å². The Morgan fingerprint density at radius 3 is 2.63 bits per heavy atom. The molecule has 1 N–H and O–H groups in total. The van der Waals surface area contributed by atoms with Crippen LogP contribution in [0.4, 0.5) is 4.79 Å². The number of imide groups is 1. The predicted octanol–water partition coefficient (Wildman–Crippen LogP) is 0.861. The Morgan fingerprint density at radius 1 is 1.26 bits per heavy atom. The molecule has 1 saturated heterocycles. The molecule has 2 heterocycles. The van der Waals surface area contributed by atoms with Gasteiger partial charge in [0.1, 0.15) is 0 Å². The van der Waals surface area contributed by atoms with E-state index in [1.54, 1.807) is 10.6 Å². The maximum absolute atomic E-state index is 11.7. The first kappa shape index (κ1) is 13.8. The van der Waals surface area contributed by atoms with Crippen LogP contribution in [-0.4, -0.2) is 34.5 Å². The number of carbonyl (C=O) groups is 2. The minimum absolute atomic E-state index is 0.0642. The van der Waals surface area contributed by atoms with E-state index < -0.39 is 0 Å². The average Bonchev–Trinajstić information content (AvgIpc) is 2.69. The lowest BCUT2D eigenvalue weighted by atomic mass is 10.3. The van der Waals surface area contributed by atoms with Crippen molar-refractivity contribution in [1.29, 1.82) is 0 Å². The monoisotopic (exact) mass is 327 g/mol. The zero-order chi connectivity index (χ0) is 14.0. The SMILES string of the molecule is Cc1c(Br)ccc(=O)n1CCCN1C(=O)CNC1=O. The molecule has 0 spiro atoms. The molecule has 0 unspecified atom stereocenters. The van der Waals surface area contributed by atoms with Gasteiger partial charge >= 0.3 is 6.03 Å². The van der Waals surface area contributed by atoms with E-state index in [2.05, 4.69) is 21.2 Å². The molecule has 1 aliphatic rings. The van der Waals surface area contributed by atoms with Crippen LogP contribution < -0.4 is 10.9 Å². The first-order valence-electron chi connectivity index (χ1n) is 5.95. The molecule has 1 aromatic heterocycles. The van der Waals surface area contributed by atoms with Crippen molar-refractivity contribution in [3.05, 3.63) is 32.7 Å². The highest BCUT2D eigenvalue weighted by Gasteiger charge is 2.27. The van der Waals surface area contributed by atoms with Gasteiger partial charge in [0.05, 0.1) is 6.54 Å². The quantitative estimate of drug-likeness (QED) is 0.834. The van der Waals surface area contributed by atoms with Gasteiger partial charge in [-0.1, -0.05) is 0 Å². The third-order valence-corrected chi connectivity index (χ3v) is 3.93. The summed E-state index contributed by atoms with van der Waals surface area (Å²) >= 11 is 3.37. The number of hydrogen-bond donors (Lipinski definition) is 1. The fraction of sp³-hybridized carbons (Fsp3) is 0.417. The van der Waals surface area contributed by atoms with Crippen LogP contribution in [0.15, 0.2) is 21.4 Å². The van der Waals surface area contributed by atoms with Gasteiger partial charge in [-0.2, -0.15) is 0 Å². The molecule has 1 aliphatic heterocycles. The standard InChI is InChI=1S/C12H14BrN3O3/c1-8-9(13)3-4-10(17)15(8)5-2-6-16-11(18)7-14-12(16)19/h3-4H,2,5-7H2,1H3,(H,14,19). The Balaban J connectivity index is 2.00. The summed E-state index contributed by atoms with van der Waals surface area (Å²) in [5, 5.41) is 2.46. The van der Waals surface area contributed by atoms with Gasteiger partial charge in [-0.25, -0.2) is 4.79 Å². The van der Waals surface area contributed by atoms with Crippen LogP contribution in [0.3, 0.4) is 0 Å². The lowest BCUT2D eigenvalue weighted by Crippen LogP contribution is -2.33. The highest BCUT2D eigenvalue weighted by Crippen LogP contribution is 2.13. The number of rotatable bonds is 4. The Hall–Kier alpha value is -1.63. The summed E-state index contributed by atoms with van der Waals surface area (Å²) in [5.41, 5.74) is 0.752. The summed E-state index contributed by atoms with van der Waals surface area (Å²) in [5.74, 6) is -0.219. The molecule has 3 amide bonds. The number of aromatic nitrogens is 1. The molecular weight excluding hydrogens is 314 g/mol. The van der Waals surface area contributed by atoms with Crippen LogP contribution in [0, 0.1) is 6.92 Å². The van der Waals surface area contributed by atoms with Crippen LogP contribution in [0.5, 0.6) is 0 Å². The van der Waals surface area contributed by atoms with Gasteiger partial charge in [0.25, 0.3) is 5.56 Å². The third-order valence-electron chi connectivity index (χ3n) is 3.09. The smallest absolute Gasteiger partial charge is 0.324 e. The third kappa shape index (κ3) is 2.86. The van der Waals surface area contributed by atoms with Crippen LogP contribution in [0.25, 0.3) is 0 Å². The second kappa shape index (κ2) is 5.56. The van der Waals surface area contributed by atoms with Gasteiger partial charge in [0, 0.05) is 29.3 Å². The fourth-order valence-electron chi connectivity index (χ4n) is 2.00. The van der Waals surface area contributed by atoms with Gasteiger partial charge in [-0.05, 0) is 35.3 Å². The van der Waals surface area contributed by atoms with Crippen molar-refractivity contribution in [2.75, 3.05) is 13.1 Å². The van der Waals surface area contributed by atoms with Crippen LogP contribution in [-0.2, 0) is 11.3 Å². The summed E-state index contributed by atoms with van der Waals surface area (Å²) in [6.07, 6.45) is 0.552. The number of urea groups is 1. The zero-order valence-corrected chi connectivity index (χ0v) is 12.1. The molecule has 1 aromatic rings. The molecule has 6 nitrogen and oxygen atoms in total. The van der Waals surface area contributed by atoms with Crippen molar-refractivity contribution in [3.63, 3.8) is 0 Å². The highest BCUT2D eigenvalue weighted by molar-refractivity contribution is 9.10. The lowest BCUT2D eigenvalue weighted by Gasteiger charge is -2.14. The number of carbonyl (C=O) groups excluding carboxylic acids is 2. The van der Waals surface area contributed by atoms with E-state index in [0.29, 0.717) is 19.5 Å². The van der Waals surface area contributed by atoms with Gasteiger partial charge in [-0.15, -0.1) is 0 Å². The molecule has 0 radical (unpaired) electrons. The Labute approximate surface area is 118 Å². The number of nitrogens with zero attached hydrogens (tertiary/aromatic N) is 2. The van der Waals surface area contributed by atoms with E-state index in [0.717, 1.165) is 10.2 Å². The van der Waals surface area contributed by atoms with Crippen LogP contribution in [0.1, 0.15) is 12.1 Å². The Kier molecular flexibility index (Phi) is 4.04. The van der Waals surface area contributed by atoms with E-state index in [-0.39, 0.29) is 24.0 Å². The van der Waals surface area contributed by atoms with Crippen molar-refractivity contribution in [2.45, 2.75) is 19.9 Å². The van der Waals surface area contributed by atoms with Gasteiger partial charge in [0.2, 0.25) is 5.91 Å². The number of halogens is 1. The maximum atomic E-state index is 11.7. The lowest BCUT2D eigenvalue weighted by molar-refractivity contribution is -0.125. The molecule has 2 rings (SSSR count). The molecule has 0 bridgehead atoms. The molecule has 19 heavy (non-hydrogen) atoms.